The van der Waals surface area contributed by atoms with Crippen molar-refractivity contribution in [3.05, 3.63) is 51.5 Å². The van der Waals surface area contributed by atoms with E-state index in [1.807, 2.05) is 6.92 Å². The fraction of sp³-hybridized carbons (Fsp3) is 0.350. The lowest BCUT2D eigenvalue weighted by Crippen LogP contribution is -2.43. The summed E-state index contributed by atoms with van der Waals surface area (Å²) in [5.41, 5.74) is 0.435. The molecule has 6 nitrogen and oxygen atoms in total. The van der Waals surface area contributed by atoms with Gasteiger partial charge < -0.3 is 10.1 Å². The summed E-state index contributed by atoms with van der Waals surface area (Å²) in [6, 6.07) is 9.14. The summed E-state index contributed by atoms with van der Waals surface area (Å²) in [4.78, 5) is 12.8. The van der Waals surface area contributed by atoms with E-state index in [2.05, 4.69) is 5.32 Å². The lowest BCUT2D eigenvalue weighted by atomic mass is 9.99. The van der Waals surface area contributed by atoms with Gasteiger partial charge in [-0.25, -0.2) is 8.42 Å². The van der Waals surface area contributed by atoms with Crippen molar-refractivity contribution in [1.82, 2.24) is 4.31 Å². The Bertz CT molecular complexity index is 1050. The van der Waals surface area contributed by atoms with Crippen LogP contribution in [-0.2, 0) is 14.8 Å². The van der Waals surface area contributed by atoms with Crippen molar-refractivity contribution < 1.29 is 17.9 Å². The summed E-state index contributed by atoms with van der Waals surface area (Å²) >= 11 is 18.2. The number of amides is 1. The minimum absolute atomic E-state index is 0.0674. The lowest BCUT2D eigenvalue weighted by Gasteiger charge is -2.31. The average Bonchev–Trinajstić information content (AvgIpc) is 2.71. The number of piperidine rings is 1. The van der Waals surface area contributed by atoms with Gasteiger partial charge in [0.15, 0.2) is 0 Å². The molecule has 0 radical (unpaired) electrons. The molecule has 1 N–H and O–H groups in total. The molecule has 1 atom stereocenters. The maximum atomic E-state index is 13.1. The quantitative estimate of drug-likeness (QED) is 0.611. The Balaban J connectivity index is 1.74. The first-order chi connectivity index (χ1) is 14.2. The number of nitrogens with one attached hydrogen (secondary N) is 1. The molecule has 1 amide bonds. The molecule has 0 bridgehead atoms. The molecule has 10 heteroatoms. The Morgan fingerprint density at radius 1 is 1.17 bits per heavy atom. The molecule has 3 rings (SSSR count). The van der Waals surface area contributed by atoms with Crippen molar-refractivity contribution in [2.24, 2.45) is 5.92 Å². The number of rotatable bonds is 6. The first-order valence-corrected chi connectivity index (χ1v) is 12.0. The molecule has 0 aromatic heterocycles. The third kappa shape index (κ3) is 5.21. The van der Waals surface area contributed by atoms with E-state index >= 15 is 0 Å². The molecule has 2 aromatic carbocycles. The molecule has 0 aliphatic carbocycles. The number of benzene rings is 2. The van der Waals surface area contributed by atoms with Gasteiger partial charge in [0.2, 0.25) is 15.9 Å². The Morgan fingerprint density at radius 2 is 1.93 bits per heavy atom. The van der Waals surface area contributed by atoms with Gasteiger partial charge in [0.05, 0.1) is 33.2 Å². The van der Waals surface area contributed by atoms with Crippen LogP contribution in [0.1, 0.15) is 19.8 Å². The lowest BCUT2D eigenvalue weighted by molar-refractivity contribution is -0.120. The Kier molecular flexibility index (Phi) is 7.52. The van der Waals surface area contributed by atoms with E-state index in [1.54, 1.807) is 12.1 Å². The zero-order valence-electron chi connectivity index (χ0n) is 16.2. The second-order valence-corrected chi connectivity index (χ2v) is 10.0. The van der Waals surface area contributed by atoms with Gasteiger partial charge in [0, 0.05) is 18.1 Å². The Hall–Kier alpha value is -1.51. The third-order valence-corrected chi connectivity index (χ3v) is 7.49. The molecule has 0 unspecified atom stereocenters. The highest BCUT2D eigenvalue weighted by molar-refractivity contribution is 7.89. The molecular formula is C20H21Cl3N2O4S. The van der Waals surface area contributed by atoms with Crippen molar-refractivity contribution >= 4 is 56.4 Å². The Morgan fingerprint density at radius 3 is 2.60 bits per heavy atom. The van der Waals surface area contributed by atoms with Crippen LogP contribution in [0, 0.1) is 5.92 Å². The maximum Gasteiger partial charge on any atom is 0.243 e. The van der Waals surface area contributed by atoms with E-state index in [0.717, 1.165) is 0 Å². The van der Waals surface area contributed by atoms with Crippen molar-refractivity contribution in [2.75, 3.05) is 25.0 Å². The standard InChI is InChI=1S/C20H21Cl3N2O4S/c1-2-29-19-8-6-15(11-17(19)23)30(27,28)25-9-3-4-13(12-25)20(26)24-18-7-5-14(21)10-16(18)22/h5-8,10-11,13H,2-4,9,12H2,1H3,(H,24,26)/t13-/m0/s1. The largest absolute Gasteiger partial charge is 0.492 e. The normalized spacial score (nSPS) is 17.5. The average molecular weight is 492 g/mol. The zero-order valence-corrected chi connectivity index (χ0v) is 19.3. The van der Waals surface area contributed by atoms with Crippen molar-refractivity contribution in [3.8, 4) is 5.75 Å². The minimum atomic E-state index is -3.80. The molecular weight excluding hydrogens is 471 g/mol. The topological polar surface area (TPSA) is 75.7 Å². The van der Waals surface area contributed by atoms with E-state index in [0.29, 0.717) is 47.5 Å². The fourth-order valence-corrected chi connectivity index (χ4v) is 5.57. The number of halogens is 3. The molecule has 2 aromatic rings. The number of anilines is 1. The van der Waals surface area contributed by atoms with Gasteiger partial charge >= 0.3 is 0 Å². The van der Waals surface area contributed by atoms with E-state index in [-0.39, 0.29) is 22.4 Å². The van der Waals surface area contributed by atoms with Crippen LogP contribution in [0.5, 0.6) is 5.75 Å². The van der Waals surface area contributed by atoms with Gasteiger partial charge in [-0.1, -0.05) is 34.8 Å². The predicted octanol–water partition coefficient (Wildman–Crippen LogP) is 5.08. The molecule has 30 heavy (non-hydrogen) atoms. The molecule has 1 saturated heterocycles. The number of ether oxygens (including phenoxy) is 1. The summed E-state index contributed by atoms with van der Waals surface area (Å²) in [6.07, 6.45) is 1.14. The highest BCUT2D eigenvalue weighted by Gasteiger charge is 2.33. The smallest absolute Gasteiger partial charge is 0.243 e. The van der Waals surface area contributed by atoms with E-state index in [4.69, 9.17) is 39.5 Å². The number of hydrogen-bond donors (Lipinski definition) is 1. The summed E-state index contributed by atoms with van der Waals surface area (Å²) in [6.45, 7) is 2.65. The molecule has 0 spiro atoms. The SMILES string of the molecule is CCOc1ccc(S(=O)(=O)N2CCC[C@H](C(=O)Nc3ccc(Cl)cc3Cl)C2)cc1Cl. The first-order valence-electron chi connectivity index (χ1n) is 9.40. The van der Waals surface area contributed by atoms with Crippen LogP contribution >= 0.6 is 34.8 Å². The Labute approximate surface area is 191 Å². The van der Waals surface area contributed by atoms with Crippen LogP contribution in [0.3, 0.4) is 0 Å². The maximum absolute atomic E-state index is 13.1. The highest BCUT2D eigenvalue weighted by Crippen LogP contribution is 2.31. The molecule has 0 saturated carbocycles. The van der Waals surface area contributed by atoms with Gasteiger partial charge in [-0.2, -0.15) is 4.31 Å². The van der Waals surface area contributed by atoms with Crippen molar-refractivity contribution in [2.45, 2.75) is 24.7 Å². The monoisotopic (exact) mass is 490 g/mol. The molecule has 1 heterocycles. The number of sulfonamides is 1. The fourth-order valence-electron chi connectivity index (χ4n) is 3.26. The zero-order chi connectivity index (χ0) is 21.9. The van der Waals surface area contributed by atoms with Crippen LogP contribution in [0.15, 0.2) is 41.3 Å². The third-order valence-electron chi connectivity index (χ3n) is 4.78. The van der Waals surface area contributed by atoms with E-state index < -0.39 is 15.9 Å². The molecule has 1 fully saturated rings. The number of carbonyl (C=O) groups is 1. The predicted molar refractivity (Wildman–Crippen MR) is 119 cm³/mol. The van der Waals surface area contributed by atoms with Crippen LogP contribution in [0.2, 0.25) is 15.1 Å². The van der Waals surface area contributed by atoms with Crippen molar-refractivity contribution in [1.29, 1.82) is 0 Å². The number of carbonyl (C=O) groups excluding carboxylic acids is 1. The van der Waals surface area contributed by atoms with Gasteiger partial charge in [-0.05, 0) is 56.2 Å². The van der Waals surface area contributed by atoms with Crippen LogP contribution in [0.4, 0.5) is 5.69 Å². The molecule has 1 aliphatic heterocycles. The van der Waals surface area contributed by atoms with E-state index in [1.165, 1.54) is 28.6 Å². The number of nitrogens with zero attached hydrogens (tertiary/aromatic N) is 1. The summed E-state index contributed by atoms with van der Waals surface area (Å²) in [5.74, 6) is -0.365. The van der Waals surface area contributed by atoms with Gasteiger partial charge in [0.1, 0.15) is 5.75 Å². The van der Waals surface area contributed by atoms with Crippen LogP contribution < -0.4 is 10.1 Å². The second-order valence-electron chi connectivity index (χ2n) is 6.84. The van der Waals surface area contributed by atoms with Gasteiger partial charge in [-0.3, -0.25) is 4.79 Å². The summed E-state index contributed by atoms with van der Waals surface area (Å²) in [5, 5.41) is 3.76. The molecule has 162 valence electrons. The van der Waals surface area contributed by atoms with Crippen molar-refractivity contribution in [3.63, 3.8) is 0 Å². The minimum Gasteiger partial charge on any atom is -0.492 e. The summed E-state index contributed by atoms with van der Waals surface area (Å²) < 4.78 is 32.8. The van der Waals surface area contributed by atoms with Gasteiger partial charge in [0.25, 0.3) is 0 Å². The van der Waals surface area contributed by atoms with Crippen LogP contribution in [0.25, 0.3) is 0 Å². The summed E-state index contributed by atoms with van der Waals surface area (Å²) in [7, 11) is -3.80. The number of hydrogen-bond acceptors (Lipinski definition) is 4. The molecule has 1 aliphatic rings. The first kappa shape index (κ1) is 23.2. The highest BCUT2D eigenvalue weighted by atomic mass is 35.5. The van der Waals surface area contributed by atoms with E-state index in [9.17, 15) is 13.2 Å². The van der Waals surface area contributed by atoms with Crippen LogP contribution in [-0.4, -0.2) is 38.3 Å². The van der Waals surface area contributed by atoms with Gasteiger partial charge in [-0.15, -0.1) is 0 Å². The second kappa shape index (κ2) is 9.75.